The number of hydrogen-bond donors (Lipinski definition) is 0. The lowest BCUT2D eigenvalue weighted by Gasteiger charge is -2.33. The molecule has 2 aromatic rings. The van der Waals surface area contributed by atoms with Crippen molar-refractivity contribution in [3.05, 3.63) is 70.3 Å². The molecule has 2 aliphatic rings. The highest BCUT2D eigenvalue weighted by Gasteiger charge is 2.47. The summed E-state index contributed by atoms with van der Waals surface area (Å²) in [6.45, 7) is 0. The molecule has 0 aromatic heterocycles. The van der Waals surface area contributed by atoms with Gasteiger partial charge in [-0.15, -0.1) is 0 Å². The van der Waals surface area contributed by atoms with Crippen molar-refractivity contribution in [2.24, 2.45) is 0 Å². The van der Waals surface area contributed by atoms with Gasteiger partial charge in [-0.1, -0.05) is 37.1 Å². The fraction of sp³-hybridized carbons (Fsp3) is 0.318. The van der Waals surface area contributed by atoms with Gasteiger partial charge in [0.2, 0.25) is 5.91 Å². The Morgan fingerprint density at radius 1 is 1.03 bits per heavy atom. The molecule has 30 heavy (non-hydrogen) atoms. The van der Waals surface area contributed by atoms with Crippen molar-refractivity contribution in [2.75, 3.05) is 4.90 Å². The third kappa shape index (κ3) is 3.56. The third-order valence-electron chi connectivity index (χ3n) is 5.73. The lowest BCUT2D eigenvalue weighted by Crippen LogP contribution is -2.50. The van der Waals surface area contributed by atoms with E-state index >= 15 is 0 Å². The number of para-hydroxylation sites is 1. The number of carbonyl (C=O) groups is 3. The minimum Gasteiger partial charge on any atom is -0.323 e. The second-order valence-electron chi connectivity index (χ2n) is 7.58. The number of anilines is 1. The Bertz CT molecular complexity index is 1000. The number of rotatable bonds is 5. The van der Waals surface area contributed by atoms with Crippen LogP contribution < -0.4 is 4.90 Å². The summed E-state index contributed by atoms with van der Waals surface area (Å²) >= 11 is 0. The molecule has 0 N–H and O–H groups in total. The summed E-state index contributed by atoms with van der Waals surface area (Å²) in [7, 11) is 0. The summed E-state index contributed by atoms with van der Waals surface area (Å²) in [5.74, 6) is -1.24. The third-order valence-corrected chi connectivity index (χ3v) is 5.73. The maximum absolute atomic E-state index is 13.4. The van der Waals surface area contributed by atoms with Crippen LogP contribution >= 0.6 is 0 Å². The van der Waals surface area contributed by atoms with Gasteiger partial charge in [0.15, 0.2) is 0 Å². The van der Waals surface area contributed by atoms with E-state index in [1.807, 2.05) is 0 Å². The van der Waals surface area contributed by atoms with Crippen molar-refractivity contribution in [1.82, 2.24) is 4.90 Å². The summed E-state index contributed by atoms with van der Waals surface area (Å²) < 4.78 is 0. The highest BCUT2D eigenvalue weighted by molar-refractivity contribution is 6.23. The van der Waals surface area contributed by atoms with Crippen LogP contribution in [0.15, 0.2) is 54.6 Å². The van der Waals surface area contributed by atoms with Crippen molar-refractivity contribution in [1.29, 1.82) is 0 Å². The normalized spacial score (nSPS) is 19.3. The van der Waals surface area contributed by atoms with Gasteiger partial charge in [-0.05, 0) is 31.0 Å². The molecule has 154 valence electrons. The van der Waals surface area contributed by atoms with Crippen LogP contribution in [0.3, 0.4) is 0 Å². The van der Waals surface area contributed by atoms with Crippen LogP contribution in [0.25, 0.3) is 0 Å². The highest BCUT2D eigenvalue weighted by Crippen LogP contribution is 2.33. The van der Waals surface area contributed by atoms with Crippen LogP contribution in [0, 0.1) is 10.1 Å². The van der Waals surface area contributed by atoms with Gasteiger partial charge < -0.3 is 4.90 Å². The molecule has 1 unspecified atom stereocenters. The minimum absolute atomic E-state index is 0.0924. The second-order valence-corrected chi connectivity index (χ2v) is 7.58. The Morgan fingerprint density at radius 3 is 2.40 bits per heavy atom. The van der Waals surface area contributed by atoms with Gasteiger partial charge in [-0.25, -0.2) is 4.90 Å². The van der Waals surface area contributed by atoms with E-state index < -0.39 is 22.8 Å². The molecule has 4 rings (SSSR count). The van der Waals surface area contributed by atoms with E-state index in [0.29, 0.717) is 5.69 Å². The number of hydrogen-bond acceptors (Lipinski definition) is 5. The monoisotopic (exact) mass is 407 g/mol. The molecule has 1 aliphatic heterocycles. The molecule has 0 bridgehead atoms. The molecule has 2 fully saturated rings. The molecule has 8 nitrogen and oxygen atoms in total. The van der Waals surface area contributed by atoms with E-state index in [1.165, 1.54) is 29.2 Å². The van der Waals surface area contributed by atoms with Crippen LogP contribution in [0.5, 0.6) is 0 Å². The van der Waals surface area contributed by atoms with E-state index in [9.17, 15) is 24.5 Å². The van der Waals surface area contributed by atoms with Gasteiger partial charge in [0.05, 0.1) is 17.0 Å². The van der Waals surface area contributed by atoms with Gasteiger partial charge in [0, 0.05) is 23.7 Å². The van der Waals surface area contributed by atoms with Gasteiger partial charge in [0.25, 0.3) is 17.5 Å². The molecule has 1 saturated heterocycles. The van der Waals surface area contributed by atoms with Crippen LogP contribution in [0.1, 0.15) is 42.5 Å². The Balaban J connectivity index is 1.69. The molecule has 3 amide bonds. The molecule has 1 saturated carbocycles. The summed E-state index contributed by atoms with van der Waals surface area (Å²) in [6.07, 6.45) is 3.25. The van der Waals surface area contributed by atoms with Gasteiger partial charge in [-0.2, -0.15) is 0 Å². The summed E-state index contributed by atoms with van der Waals surface area (Å²) in [5, 5.41) is 11.1. The Kier molecular flexibility index (Phi) is 5.31. The van der Waals surface area contributed by atoms with E-state index in [-0.39, 0.29) is 29.6 Å². The molecule has 1 aliphatic carbocycles. The first kappa shape index (κ1) is 19.8. The topological polar surface area (TPSA) is 101 Å². The average molecular weight is 407 g/mol. The molecular weight excluding hydrogens is 386 g/mol. The Hall–Kier alpha value is -3.55. The molecule has 8 heteroatoms. The zero-order valence-electron chi connectivity index (χ0n) is 16.3. The number of non-ortho nitro benzene ring substituents is 1. The number of carbonyl (C=O) groups excluding carboxylic acids is 3. The second kappa shape index (κ2) is 8.06. The van der Waals surface area contributed by atoms with Gasteiger partial charge in [0.1, 0.15) is 6.04 Å². The van der Waals surface area contributed by atoms with Crippen LogP contribution in [-0.4, -0.2) is 39.6 Å². The minimum atomic E-state index is -0.910. The van der Waals surface area contributed by atoms with Crippen molar-refractivity contribution < 1.29 is 19.3 Å². The molecular formula is C22H21N3O5. The number of nitro benzene ring substituents is 1. The predicted molar refractivity (Wildman–Crippen MR) is 109 cm³/mol. The van der Waals surface area contributed by atoms with E-state index in [1.54, 1.807) is 30.3 Å². The zero-order chi connectivity index (χ0) is 21.3. The lowest BCUT2D eigenvalue weighted by molar-refractivity contribution is -0.384. The van der Waals surface area contributed by atoms with E-state index in [2.05, 4.69) is 0 Å². The van der Waals surface area contributed by atoms with Gasteiger partial charge >= 0.3 is 0 Å². The Morgan fingerprint density at radius 2 is 1.73 bits per heavy atom. The van der Waals surface area contributed by atoms with Gasteiger partial charge in [-0.3, -0.25) is 24.5 Å². The van der Waals surface area contributed by atoms with Crippen molar-refractivity contribution in [2.45, 2.75) is 44.2 Å². The Labute approximate surface area is 173 Å². The molecule has 0 spiro atoms. The fourth-order valence-electron chi connectivity index (χ4n) is 4.33. The first-order valence-corrected chi connectivity index (χ1v) is 9.96. The molecule has 2 aromatic carbocycles. The summed E-state index contributed by atoms with van der Waals surface area (Å²) in [4.78, 5) is 52.5. The number of benzene rings is 2. The summed E-state index contributed by atoms with van der Waals surface area (Å²) in [5.41, 5.74) is 0.436. The van der Waals surface area contributed by atoms with Crippen molar-refractivity contribution >= 4 is 29.1 Å². The number of imide groups is 1. The number of nitrogens with zero attached hydrogens (tertiary/aromatic N) is 3. The molecule has 1 atom stereocenters. The average Bonchev–Trinajstić information content (AvgIpc) is 3.37. The van der Waals surface area contributed by atoms with E-state index in [4.69, 9.17) is 0 Å². The quantitative estimate of drug-likeness (QED) is 0.430. The standard InChI is InChI=1S/C22H21N3O5/c26-20-14-19(22(28)24(20)17-8-2-1-3-9-17)23(16-10-4-5-11-16)21(27)15-7-6-12-18(13-15)25(29)30/h1-3,6-9,12-13,16,19H,4-5,10-11,14H2. The number of amides is 3. The maximum atomic E-state index is 13.4. The predicted octanol–water partition coefficient (Wildman–Crippen LogP) is 3.31. The maximum Gasteiger partial charge on any atom is 0.270 e. The fourth-order valence-corrected chi connectivity index (χ4v) is 4.33. The number of nitro groups is 1. The van der Waals surface area contributed by atoms with Crippen LogP contribution in [0.4, 0.5) is 11.4 Å². The summed E-state index contributed by atoms with van der Waals surface area (Å²) in [6, 6.07) is 13.1. The zero-order valence-corrected chi connectivity index (χ0v) is 16.3. The largest absolute Gasteiger partial charge is 0.323 e. The smallest absolute Gasteiger partial charge is 0.270 e. The SMILES string of the molecule is O=C1CC(N(C(=O)c2cccc([N+](=O)[O-])c2)C2CCCC2)C(=O)N1c1ccccc1. The molecule has 1 heterocycles. The molecule has 0 radical (unpaired) electrons. The van der Waals surface area contributed by atoms with Crippen molar-refractivity contribution in [3.63, 3.8) is 0 Å². The lowest BCUT2D eigenvalue weighted by atomic mass is 10.1. The van der Waals surface area contributed by atoms with Crippen LogP contribution in [-0.2, 0) is 9.59 Å². The van der Waals surface area contributed by atoms with E-state index in [0.717, 1.165) is 30.6 Å². The first-order valence-electron chi connectivity index (χ1n) is 9.96. The first-order chi connectivity index (χ1) is 14.5. The highest BCUT2D eigenvalue weighted by atomic mass is 16.6. The van der Waals surface area contributed by atoms with Crippen molar-refractivity contribution in [3.8, 4) is 0 Å². The van der Waals surface area contributed by atoms with Crippen LogP contribution in [0.2, 0.25) is 0 Å².